The molecule has 0 aromatic carbocycles. The van der Waals surface area contributed by atoms with Gasteiger partial charge in [-0.25, -0.2) is 8.78 Å². The third kappa shape index (κ3) is 2.94. The molecular weight excluding hydrogens is 362 g/mol. The molecule has 7 atom stereocenters. The van der Waals surface area contributed by atoms with Crippen LogP contribution in [0.2, 0.25) is 0 Å². The zero-order chi connectivity index (χ0) is 20.3. The van der Waals surface area contributed by atoms with E-state index in [1.807, 2.05) is 0 Å². The first-order valence-corrected chi connectivity index (χ1v) is 11.1. The molecule has 0 aromatic heterocycles. The second-order valence-electron chi connectivity index (χ2n) is 10.6. The van der Waals surface area contributed by atoms with Gasteiger partial charge in [-0.3, -0.25) is 9.59 Å². The smallest absolute Gasteiger partial charge is 0.305 e. The number of alkyl halides is 2. The number of hydrogen-bond acceptors (Lipinski definition) is 3. The Labute approximate surface area is 167 Å². The number of halogens is 2. The summed E-state index contributed by atoms with van der Waals surface area (Å²) in [5, 5.41) is 0. The molecule has 5 heteroatoms. The maximum atomic E-state index is 15.5. The maximum absolute atomic E-state index is 15.5. The molecule has 158 valence electrons. The van der Waals surface area contributed by atoms with E-state index in [1.165, 1.54) is 7.11 Å². The lowest BCUT2D eigenvalue weighted by Crippen LogP contribution is -2.60. The van der Waals surface area contributed by atoms with E-state index >= 15 is 8.78 Å². The molecule has 0 radical (unpaired) electrons. The first-order valence-electron chi connectivity index (χ1n) is 11.1. The molecule has 0 amide bonds. The average molecular weight is 397 g/mol. The average Bonchev–Trinajstić information content (AvgIpc) is 2.97. The summed E-state index contributed by atoms with van der Waals surface area (Å²) < 4.78 is 35.8. The van der Waals surface area contributed by atoms with Crippen LogP contribution in [0.25, 0.3) is 0 Å². The van der Waals surface area contributed by atoms with Crippen LogP contribution in [-0.4, -0.2) is 24.8 Å². The first-order chi connectivity index (χ1) is 13.1. The van der Waals surface area contributed by atoms with Gasteiger partial charge in [0.05, 0.1) is 7.11 Å². The summed E-state index contributed by atoms with van der Waals surface area (Å²) in [5.41, 5.74) is -0.224. The molecule has 4 fully saturated rings. The van der Waals surface area contributed by atoms with Crippen LogP contribution in [0.3, 0.4) is 0 Å². The third-order valence-electron chi connectivity index (χ3n) is 9.59. The zero-order valence-electron chi connectivity index (χ0n) is 17.4. The highest BCUT2D eigenvalue weighted by atomic mass is 19.3. The fourth-order valence-electron chi connectivity index (χ4n) is 7.93. The van der Waals surface area contributed by atoms with Crippen LogP contribution in [0.4, 0.5) is 8.78 Å². The molecule has 0 saturated heterocycles. The zero-order valence-corrected chi connectivity index (χ0v) is 17.4. The Morgan fingerprint density at radius 3 is 2.54 bits per heavy atom. The topological polar surface area (TPSA) is 43.4 Å². The lowest BCUT2D eigenvalue weighted by Gasteiger charge is -2.62. The van der Waals surface area contributed by atoms with Crippen molar-refractivity contribution in [3.63, 3.8) is 0 Å². The lowest BCUT2D eigenvalue weighted by atomic mass is 9.43. The van der Waals surface area contributed by atoms with Gasteiger partial charge in [-0.2, -0.15) is 0 Å². The van der Waals surface area contributed by atoms with E-state index in [9.17, 15) is 9.59 Å². The van der Waals surface area contributed by atoms with Gasteiger partial charge in [0, 0.05) is 31.6 Å². The van der Waals surface area contributed by atoms with Gasteiger partial charge in [-0.05, 0) is 73.0 Å². The van der Waals surface area contributed by atoms with Crippen LogP contribution in [-0.2, 0) is 14.3 Å². The SMILES string of the molecule is COC(=O)CCC1CCC2C3C(CCC12C)C1(C)CCC(=O)CC1CC3(F)F. The first kappa shape index (κ1) is 20.3. The molecule has 7 unspecified atom stereocenters. The molecule has 0 heterocycles. The maximum Gasteiger partial charge on any atom is 0.305 e. The number of Topliss-reactive ketones (excluding diaryl/α,β-unsaturated/α-hetero) is 1. The number of rotatable bonds is 3. The molecule has 28 heavy (non-hydrogen) atoms. The predicted molar refractivity (Wildman–Crippen MR) is 102 cm³/mol. The largest absolute Gasteiger partial charge is 0.469 e. The quantitative estimate of drug-likeness (QED) is 0.599. The highest BCUT2D eigenvalue weighted by molar-refractivity contribution is 5.79. The second kappa shape index (κ2) is 6.77. The number of esters is 1. The van der Waals surface area contributed by atoms with Gasteiger partial charge in [-0.15, -0.1) is 0 Å². The molecular formula is C23H34F2O3. The summed E-state index contributed by atoms with van der Waals surface area (Å²) in [6.45, 7) is 4.40. The fraction of sp³-hybridized carbons (Fsp3) is 0.913. The summed E-state index contributed by atoms with van der Waals surface area (Å²) in [5.74, 6) is -3.07. The standard InChI is InChI=1S/C23H34F2O3/c1-21-11-9-18-20(17(21)6-4-14(21)5-7-19(27)28-3)23(24,25)13-15-12-16(26)8-10-22(15,18)2/h14-15,17-18,20H,4-13H2,1-3H3. The number of hydrogen-bond donors (Lipinski definition) is 0. The summed E-state index contributed by atoms with van der Waals surface area (Å²) in [4.78, 5) is 23.6. The highest BCUT2D eigenvalue weighted by Gasteiger charge is 2.67. The van der Waals surface area contributed by atoms with Crippen LogP contribution in [0, 0.1) is 40.4 Å². The molecule has 3 nitrogen and oxygen atoms in total. The molecule has 0 aromatic rings. The van der Waals surface area contributed by atoms with E-state index in [1.54, 1.807) is 0 Å². The van der Waals surface area contributed by atoms with Crippen LogP contribution in [0.1, 0.15) is 78.1 Å². The van der Waals surface area contributed by atoms with E-state index in [-0.39, 0.29) is 46.8 Å². The number of carbonyl (C=O) groups excluding carboxylic acids is 2. The van der Waals surface area contributed by atoms with E-state index in [2.05, 4.69) is 13.8 Å². The van der Waals surface area contributed by atoms with Crippen LogP contribution in [0.15, 0.2) is 0 Å². The number of fused-ring (bicyclic) bond motifs is 5. The van der Waals surface area contributed by atoms with E-state index in [0.29, 0.717) is 25.2 Å². The molecule has 4 aliphatic carbocycles. The third-order valence-corrected chi connectivity index (χ3v) is 9.59. The van der Waals surface area contributed by atoms with Crippen molar-refractivity contribution in [2.75, 3.05) is 7.11 Å². The van der Waals surface area contributed by atoms with Gasteiger partial charge >= 0.3 is 5.97 Å². The summed E-state index contributed by atoms with van der Waals surface area (Å²) in [6.07, 6.45) is 6.30. The number of ketones is 1. The Hall–Kier alpha value is -1.00. The van der Waals surface area contributed by atoms with E-state index in [0.717, 1.165) is 38.5 Å². The molecule has 4 aliphatic rings. The Balaban J connectivity index is 1.60. The van der Waals surface area contributed by atoms with Gasteiger partial charge < -0.3 is 4.74 Å². The fourth-order valence-corrected chi connectivity index (χ4v) is 7.93. The molecule has 0 bridgehead atoms. The minimum Gasteiger partial charge on any atom is -0.469 e. The minimum atomic E-state index is -2.68. The van der Waals surface area contributed by atoms with Crippen LogP contribution >= 0.6 is 0 Å². The van der Waals surface area contributed by atoms with E-state index in [4.69, 9.17) is 4.74 Å². The Bertz CT molecular complexity index is 662. The minimum absolute atomic E-state index is 0.0202. The van der Waals surface area contributed by atoms with Crippen molar-refractivity contribution < 1.29 is 23.1 Å². The normalized spacial score (nSPS) is 47.0. The van der Waals surface area contributed by atoms with Crippen molar-refractivity contribution in [1.82, 2.24) is 0 Å². The number of ether oxygens (including phenoxy) is 1. The van der Waals surface area contributed by atoms with Crippen molar-refractivity contribution in [1.29, 1.82) is 0 Å². The van der Waals surface area contributed by atoms with E-state index < -0.39 is 11.8 Å². The Kier molecular flexibility index (Phi) is 4.90. The second-order valence-corrected chi connectivity index (χ2v) is 10.6. The molecule has 4 rings (SSSR count). The Morgan fingerprint density at radius 1 is 1.11 bits per heavy atom. The van der Waals surface area contributed by atoms with Crippen molar-refractivity contribution in [2.45, 2.75) is 84.0 Å². The van der Waals surface area contributed by atoms with Gasteiger partial charge in [0.1, 0.15) is 5.78 Å². The van der Waals surface area contributed by atoms with Crippen molar-refractivity contribution in [3.8, 4) is 0 Å². The van der Waals surface area contributed by atoms with Crippen molar-refractivity contribution >= 4 is 11.8 Å². The Morgan fingerprint density at radius 2 is 1.82 bits per heavy atom. The molecule has 0 aliphatic heterocycles. The molecule has 4 saturated carbocycles. The van der Waals surface area contributed by atoms with Crippen molar-refractivity contribution in [2.24, 2.45) is 40.4 Å². The molecule has 0 spiro atoms. The summed E-state index contributed by atoms with van der Waals surface area (Å²) in [7, 11) is 1.40. The summed E-state index contributed by atoms with van der Waals surface area (Å²) >= 11 is 0. The lowest BCUT2D eigenvalue weighted by molar-refractivity contribution is -0.230. The summed E-state index contributed by atoms with van der Waals surface area (Å²) in [6, 6.07) is 0. The highest BCUT2D eigenvalue weighted by Crippen LogP contribution is 2.70. The van der Waals surface area contributed by atoms with Gasteiger partial charge in [0.25, 0.3) is 5.92 Å². The van der Waals surface area contributed by atoms with Crippen molar-refractivity contribution in [3.05, 3.63) is 0 Å². The van der Waals surface area contributed by atoms with Gasteiger partial charge in [-0.1, -0.05) is 13.8 Å². The van der Waals surface area contributed by atoms with Crippen LogP contribution in [0.5, 0.6) is 0 Å². The van der Waals surface area contributed by atoms with Gasteiger partial charge in [0.15, 0.2) is 0 Å². The van der Waals surface area contributed by atoms with Crippen LogP contribution < -0.4 is 0 Å². The predicted octanol–water partition coefficient (Wildman–Crippen LogP) is 5.41. The number of carbonyl (C=O) groups is 2. The monoisotopic (exact) mass is 396 g/mol. The number of methoxy groups -OCH3 is 1. The van der Waals surface area contributed by atoms with Gasteiger partial charge in [0.2, 0.25) is 0 Å². The molecule has 0 N–H and O–H groups in total.